The summed E-state index contributed by atoms with van der Waals surface area (Å²) in [5.41, 5.74) is 7.01. The van der Waals surface area contributed by atoms with E-state index in [-0.39, 0.29) is 12.1 Å². The van der Waals surface area contributed by atoms with Gasteiger partial charge in [-0.15, -0.1) is 0 Å². The minimum Gasteiger partial charge on any atom is -0.399 e. The molecule has 0 spiro atoms. The van der Waals surface area contributed by atoms with Crippen molar-refractivity contribution < 1.29 is 4.79 Å². The van der Waals surface area contributed by atoms with Crippen molar-refractivity contribution in [2.45, 2.75) is 13.0 Å². The predicted octanol–water partition coefficient (Wildman–Crippen LogP) is 2.48. The zero-order valence-corrected chi connectivity index (χ0v) is 11.3. The summed E-state index contributed by atoms with van der Waals surface area (Å²) in [7, 11) is 1.79. The van der Waals surface area contributed by atoms with E-state index in [4.69, 9.17) is 5.73 Å². The number of benzene rings is 1. The van der Waals surface area contributed by atoms with Gasteiger partial charge in [-0.1, -0.05) is 6.07 Å². The number of amides is 2. The fraction of sp³-hybridized carbons (Fsp3) is 0.417. The van der Waals surface area contributed by atoms with Crippen LogP contribution in [0.2, 0.25) is 0 Å². The molecule has 17 heavy (non-hydrogen) atoms. The summed E-state index contributed by atoms with van der Waals surface area (Å²) in [4.78, 5) is 13.6. The van der Waals surface area contributed by atoms with Gasteiger partial charge in [0.2, 0.25) is 0 Å². The second-order valence-corrected chi connectivity index (χ2v) is 4.88. The topological polar surface area (TPSA) is 58.4 Å². The van der Waals surface area contributed by atoms with Gasteiger partial charge in [0.15, 0.2) is 0 Å². The van der Waals surface area contributed by atoms with Crippen LogP contribution in [-0.2, 0) is 0 Å². The van der Waals surface area contributed by atoms with Crippen molar-refractivity contribution in [2.75, 3.05) is 30.1 Å². The third kappa shape index (κ3) is 4.19. The van der Waals surface area contributed by atoms with Gasteiger partial charge < -0.3 is 16.0 Å². The first kappa shape index (κ1) is 13.7. The van der Waals surface area contributed by atoms with Crippen LogP contribution in [0.25, 0.3) is 0 Å². The number of anilines is 2. The highest BCUT2D eigenvalue weighted by Crippen LogP contribution is 2.13. The van der Waals surface area contributed by atoms with E-state index in [1.807, 2.05) is 25.3 Å². The molecular weight excluding hydrogens is 234 g/mol. The molecule has 1 atom stereocenters. The molecule has 0 aromatic heterocycles. The maximum absolute atomic E-state index is 11.9. The third-order valence-electron chi connectivity index (χ3n) is 2.53. The molecule has 1 aromatic rings. The number of nitrogens with one attached hydrogen (secondary N) is 1. The molecule has 5 heteroatoms. The van der Waals surface area contributed by atoms with Crippen molar-refractivity contribution >= 4 is 29.2 Å². The van der Waals surface area contributed by atoms with Gasteiger partial charge in [0.25, 0.3) is 0 Å². The molecule has 1 rings (SSSR count). The van der Waals surface area contributed by atoms with Gasteiger partial charge in [-0.25, -0.2) is 4.79 Å². The van der Waals surface area contributed by atoms with Crippen molar-refractivity contribution in [3.8, 4) is 0 Å². The summed E-state index contributed by atoms with van der Waals surface area (Å²) < 4.78 is 0. The Bertz CT molecular complexity index is 384. The van der Waals surface area contributed by atoms with Crippen molar-refractivity contribution in [3.63, 3.8) is 0 Å². The second-order valence-electron chi connectivity index (χ2n) is 3.97. The number of nitrogen functional groups attached to an aromatic ring is 1. The average Bonchev–Trinajstić information content (AvgIpc) is 2.28. The number of urea groups is 1. The Hall–Kier alpha value is -1.36. The molecule has 0 aliphatic carbocycles. The molecule has 2 amide bonds. The molecule has 1 unspecified atom stereocenters. The van der Waals surface area contributed by atoms with Crippen LogP contribution in [0.5, 0.6) is 0 Å². The summed E-state index contributed by atoms with van der Waals surface area (Å²) >= 11 is 1.72. The fourth-order valence-corrected chi connectivity index (χ4v) is 2.09. The Morgan fingerprint density at radius 2 is 2.29 bits per heavy atom. The molecule has 0 aliphatic rings. The second kappa shape index (κ2) is 6.39. The molecule has 0 radical (unpaired) electrons. The molecule has 0 bridgehead atoms. The van der Waals surface area contributed by atoms with E-state index in [0.29, 0.717) is 5.69 Å². The summed E-state index contributed by atoms with van der Waals surface area (Å²) in [6.45, 7) is 2.02. The molecule has 94 valence electrons. The molecule has 0 aliphatic heterocycles. The Labute approximate surface area is 107 Å². The van der Waals surface area contributed by atoms with E-state index in [1.165, 1.54) is 0 Å². The molecule has 3 N–H and O–H groups in total. The monoisotopic (exact) mass is 253 g/mol. The van der Waals surface area contributed by atoms with Crippen LogP contribution in [0.15, 0.2) is 24.3 Å². The third-order valence-corrected chi connectivity index (χ3v) is 3.34. The van der Waals surface area contributed by atoms with Crippen molar-refractivity contribution in [3.05, 3.63) is 24.3 Å². The number of hydrogen-bond acceptors (Lipinski definition) is 3. The maximum Gasteiger partial charge on any atom is 0.321 e. The van der Waals surface area contributed by atoms with Gasteiger partial charge in [-0.2, -0.15) is 11.8 Å². The lowest BCUT2D eigenvalue weighted by Gasteiger charge is -2.24. The SMILES string of the molecule is CSCC(C)N(C)C(=O)Nc1cccc(N)c1. The maximum atomic E-state index is 11.9. The zero-order valence-electron chi connectivity index (χ0n) is 10.4. The molecule has 1 aromatic carbocycles. The van der Waals surface area contributed by atoms with Crippen molar-refractivity contribution in [1.82, 2.24) is 4.90 Å². The molecule has 4 nitrogen and oxygen atoms in total. The van der Waals surface area contributed by atoms with Gasteiger partial charge in [0.1, 0.15) is 0 Å². The summed E-state index contributed by atoms with van der Waals surface area (Å²) in [5, 5.41) is 2.82. The van der Waals surface area contributed by atoms with Crippen LogP contribution in [0.1, 0.15) is 6.92 Å². The van der Waals surface area contributed by atoms with E-state index in [2.05, 4.69) is 5.32 Å². The zero-order chi connectivity index (χ0) is 12.8. The summed E-state index contributed by atoms with van der Waals surface area (Å²) in [6, 6.07) is 7.25. The number of nitrogens with zero attached hydrogens (tertiary/aromatic N) is 1. The standard InChI is InChI=1S/C12H19N3OS/c1-9(8-17-3)15(2)12(16)14-11-6-4-5-10(13)7-11/h4-7,9H,8,13H2,1-3H3,(H,14,16). The summed E-state index contributed by atoms with van der Waals surface area (Å²) in [6.07, 6.45) is 2.03. The Kier molecular flexibility index (Phi) is 5.15. The molecule has 0 heterocycles. The van der Waals surface area contributed by atoms with Crippen LogP contribution >= 0.6 is 11.8 Å². The highest BCUT2D eigenvalue weighted by Gasteiger charge is 2.14. The molecule has 0 saturated heterocycles. The molecule has 0 fully saturated rings. The molecule has 0 saturated carbocycles. The number of hydrogen-bond donors (Lipinski definition) is 2. The lowest BCUT2D eigenvalue weighted by Crippen LogP contribution is -2.39. The van der Waals surface area contributed by atoms with Crippen molar-refractivity contribution in [2.24, 2.45) is 0 Å². The lowest BCUT2D eigenvalue weighted by atomic mass is 10.3. The Morgan fingerprint density at radius 3 is 2.88 bits per heavy atom. The van der Waals surface area contributed by atoms with Crippen LogP contribution in [-0.4, -0.2) is 36.0 Å². The van der Waals surface area contributed by atoms with E-state index in [9.17, 15) is 4.79 Å². The number of carbonyl (C=O) groups is 1. The first-order valence-electron chi connectivity index (χ1n) is 5.43. The van der Waals surface area contributed by atoms with E-state index in [1.54, 1.807) is 35.8 Å². The Balaban J connectivity index is 2.60. The quantitative estimate of drug-likeness (QED) is 0.810. The van der Waals surface area contributed by atoms with Gasteiger partial charge in [0.05, 0.1) is 0 Å². The highest BCUT2D eigenvalue weighted by atomic mass is 32.2. The fourth-order valence-electron chi connectivity index (χ4n) is 1.38. The number of rotatable bonds is 4. The highest BCUT2D eigenvalue weighted by molar-refractivity contribution is 7.98. The smallest absolute Gasteiger partial charge is 0.321 e. The normalized spacial score (nSPS) is 11.9. The lowest BCUT2D eigenvalue weighted by molar-refractivity contribution is 0.212. The van der Waals surface area contributed by atoms with Crippen LogP contribution in [0.3, 0.4) is 0 Å². The minimum atomic E-state index is -0.114. The van der Waals surface area contributed by atoms with E-state index in [0.717, 1.165) is 11.4 Å². The minimum absolute atomic E-state index is 0.114. The molecular formula is C12H19N3OS. The number of carbonyl (C=O) groups excluding carboxylic acids is 1. The largest absolute Gasteiger partial charge is 0.399 e. The summed E-state index contributed by atoms with van der Waals surface area (Å²) in [5.74, 6) is 0.918. The first-order chi connectivity index (χ1) is 8.04. The van der Waals surface area contributed by atoms with Crippen LogP contribution in [0, 0.1) is 0 Å². The predicted molar refractivity (Wildman–Crippen MR) is 75.5 cm³/mol. The van der Waals surface area contributed by atoms with Crippen LogP contribution < -0.4 is 11.1 Å². The first-order valence-corrected chi connectivity index (χ1v) is 6.82. The van der Waals surface area contributed by atoms with Gasteiger partial charge in [-0.05, 0) is 31.4 Å². The van der Waals surface area contributed by atoms with Gasteiger partial charge in [0, 0.05) is 30.2 Å². The Morgan fingerprint density at radius 1 is 1.59 bits per heavy atom. The van der Waals surface area contributed by atoms with Gasteiger partial charge in [-0.3, -0.25) is 0 Å². The number of thioether (sulfide) groups is 1. The van der Waals surface area contributed by atoms with Crippen LogP contribution in [0.4, 0.5) is 16.2 Å². The number of nitrogens with two attached hydrogens (primary N) is 1. The van der Waals surface area contributed by atoms with Gasteiger partial charge >= 0.3 is 6.03 Å². The average molecular weight is 253 g/mol. The van der Waals surface area contributed by atoms with E-state index >= 15 is 0 Å². The van der Waals surface area contributed by atoms with E-state index < -0.39 is 0 Å². The van der Waals surface area contributed by atoms with Crippen molar-refractivity contribution in [1.29, 1.82) is 0 Å².